The third kappa shape index (κ3) is 18.2. The number of likely N-dealkylation sites (tertiary alicyclic amines) is 1. The first-order valence-corrected chi connectivity index (χ1v) is 28.8. The Labute approximate surface area is 465 Å². The highest BCUT2D eigenvalue weighted by molar-refractivity contribution is 8.77. The zero-order chi connectivity index (χ0) is 58.0. The monoisotopic (exact) mass is 1140 g/mol. The molecule has 1 saturated carbocycles. The van der Waals surface area contributed by atoms with E-state index >= 15 is 0 Å². The first-order valence-electron chi connectivity index (χ1n) is 26.5. The predicted molar refractivity (Wildman–Crippen MR) is 296 cm³/mol. The molecular formula is C50H76N16O11S2. The van der Waals surface area contributed by atoms with Gasteiger partial charge in [0.25, 0.3) is 0 Å². The summed E-state index contributed by atoms with van der Waals surface area (Å²) in [5.41, 5.74) is 35.6. The Bertz CT molecular complexity index is 2560. The van der Waals surface area contributed by atoms with Gasteiger partial charge in [0, 0.05) is 42.9 Å². The van der Waals surface area contributed by atoms with Gasteiger partial charge in [0.1, 0.15) is 42.3 Å². The van der Waals surface area contributed by atoms with E-state index in [4.69, 9.17) is 34.4 Å². The highest BCUT2D eigenvalue weighted by atomic mass is 33.1. The van der Waals surface area contributed by atoms with Crippen molar-refractivity contribution in [2.75, 3.05) is 25.4 Å². The molecule has 3 fully saturated rings. The molecule has 3 heterocycles. The summed E-state index contributed by atoms with van der Waals surface area (Å²) in [5, 5.41) is 19.3. The summed E-state index contributed by atoms with van der Waals surface area (Å²) in [7, 11) is 2.34. The lowest BCUT2D eigenvalue weighted by molar-refractivity contribution is -0.142. The second-order valence-electron chi connectivity index (χ2n) is 20.2. The molecule has 27 nitrogen and oxygen atoms in total. The third-order valence-electron chi connectivity index (χ3n) is 14.3. The SMILES string of the molecule is CC[C@H](C)[C@@H]1NC(=O)[C@@H](Cc2cc3ccccc3[nH]2)NC(=O)[C@@H](N)C2(CCCCC2)SSC[C@@H](C(=O)N2CCC[C@@H]2C(=O)N[C@H](CCCN=C(N)N)C(=O)NCC(N)=O)NC(=O)[C@H](CC(N)=O)NC(=O)[C@H](CCC(N)=O)NC1=O. The van der Waals surface area contributed by atoms with E-state index in [2.05, 4.69) is 47.2 Å². The molecule has 0 radical (unpaired) electrons. The highest BCUT2D eigenvalue weighted by Crippen LogP contribution is 2.48. The summed E-state index contributed by atoms with van der Waals surface area (Å²) >= 11 is 0. The number of aromatic nitrogens is 1. The van der Waals surface area contributed by atoms with Gasteiger partial charge in [0.15, 0.2) is 5.96 Å². The van der Waals surface area contributed by atoms with Crippen LogP contribution < -0.4 is 71.6 Å². The van der Waals surface area contributed by atoms with Crippen molar-refractivity contribution in [2.45, 2.75) is 157 Å². The van der Waals surface area contributed by atoms with Gasteiger partial charge in [-0.25, -0.2) is 0 Å². The van der Waals surface area contributed by atoms with Crippen molar-refractivity contribution in [2.24, 2.45) is 45.3 Å². The second-order valence-corrected chi connectivity index (χ2v) is 23.0. The minimum Gasteiger partial charge on any atom is -0.370 e. The number of carbonyl (C=O) groups is 11. The molecule has 2 aromatic rings. The largest absolute Gasteiger partial charge is 0.370 e. The van der Waals surface area contributed by atoms with E-state index in [1.807, 2.05) is 30.3 Å². The Kier molecular flexibility index (Phi) is 23.6. The molecule has 11 amide bonds. The molecule has 0 unspecified atom stereocenters. The minimum atomic E-state index is -1.77. The van der Waals surface area contributed by atoms with Gasteiger partial charge >= 0.3 is 0 Å². The number of guanidine groups is 1. The lowest BCUT2D eigenvalue weighted by Crippen LogP contribution is -2.62. The van der Waals surface area contributed by atoms with Crippen molar-refractivity contribution in [3.05, 3.63) is 36.0 Å². The summed E-state index contributed by atoms with van der Waals surface area (Å²) in [6.45, 7) is 3.06. The van der Waals surface area contributed by atoms with Crippen molar-refractivity contribution >= 4 is 103 Å². The van der Waals surface area contributed by atoms with E-state index in [0.29, 0.717) is 44.2 Å². The number of H-pyrrole nitrogens is 1. The number of amides is 11. The van der Waals surface area contributed by atoms with Crippen molar-refractivity contribution in [3.63, 3.8) is 0 Å². The normalized spacial score (nSPS) is 24.3. The quantitative estimate of drug-likeness (QED) is 0.0286. The number of nitrogens with one attached hydrogen (secondary N) is 8. The second kappa shape index (κ2) is 29.7. The molecule has 1 aromatic heterocycles. The van der Waals surface area contributed by atoms with E-state index in [0.717, 1.165) is 28.1 Å². The fourth-order valence-electron chi connectivity index (χ4n) is 9.73. The maximum atomic E-state index is 15.0. The number of hydrogen-bond acceptors (Lipinski definition) is 15. The van der Waals surface area contributed by atoms with E-state index < -0.39 is 150 Å². The van der Waals surface area contributed by atoms with Crippen molar-refractivity contribution < 1.29 is 52.7 Å². The van der Waals surface area contributed by atoms with Crippen LogP contribution in [0, 0.1) is 5.92 Å². The first kappa shape index (κ1) is 62.7. The third-order valence-corrected chi connectivity index (χ3v) is 17.6. The Morgan fingerprint density at radius 3 is 2.14 bits per heavy atom. The Hall–Kier alpha value is -7.14. The lowest BCUT2D eigenvalue weighted by atomic mass is 9.82. The van der Waals surface area contributed by atoms with Crippen molar-refractivity contribution in [1.82, 2.24) is 47.1 Å². The molecule has 79 heavy (non-hydrogen) atoms. The minimum absolute atomic E-state index is 0.0126. The number of aromatic amines is 1. The summed E-state index contributed by atoms with van der Waals surface area (Å²) in [6.07, 6.45) is 2.41. The van der Waals surface area contributed by atoms with Crippen LogP contribution in [0.2, 0.25) is 0 Å². The van der Waals surface area contributed by atoms with Gasteiger partial charge in [-0.3, -0.25) is 57.7 Å². The summed E-state index contributed by atoms with van der Waals surface area (Å²) < 4.78 is -0.990. The molecule has 434 valence electrons. The van der Waals surface area contributed by atoms with Crippen molar-refractivity contribution in [1.29, 1.82) is 0 Å². The number of para-hydroxylation sites is 1. The van der Waals surface area contributed by atoms with Crippen LogP contribution in [-0.4, -0.2) is 159 Å². The zero-order valence-corrected chi connectivity index (χ0v) is 46.1. The number of fused-ring (bicyclic) bond motifs is 1. The average Bonchev–Trinajstić information content (AvgIpc) is 4.20. The van der Waals surface area contributed by atoms with Gasteiger partial charge in [0.2, 0.25) is 65.0 Å². The molecule has 5 rings (SSSR count). The van der Waals surface area contributed by atoms with Crippen LogP contribution in [-0.2, 0) is 59.2 Å². The molecule has 3 aliphatic rings. The van der Waals surface area contributed by atoms with Crippen LogP contribution in [0.3, 0.4) is 0 Å². The molecule has 0 bridgehead atoms. The Balaban J connectivity index is 1.54. The topological polar surface area (TPSA) is 459 Å². The molecule has 20 N–H and O–H groups in total. The maximum absolute atomic E-state index is 15.0. The van der Waals surface area contributed by atoms with E-state index in [1.165, 1.54) is 15.7 Å². The van der Waals surface area contributed by atoms with Gasteiger partial charge in [-0.05, 0) is 68.4 Å². The summed E-state index contributed by atoms with van der Waals surface area (Å²) in [5.74, 6) is -10.3. The van der Waals surface area contributed by atoms with Crippen LogP contribution in [0.5, 0.6) is 0 Å². The predicted octanol–water partition coefficient (Wildman–Crippen LogP) is -3.12. The Morgan fingerprint density at radius 1 is 0.810 bits per heavy atom. The van der Waals surface area contributed by atoms with Gasteiger partial charge < -0.3 is 81.5 Å². The molecule has 1 spiro atoms. The van der Waals surface area contributed by atoms with Gasteiger partial charge in [-0.2, -0.15) is 0 Å². The molecular weight excluding hydrogens is 1060 g/mol. The highest BCUT2D eigenvalue weighted by Gasteiger charge is 2.46. The Morgan fingerprint density at radius 2 is 1.48 bits per heavy atom. The van der Waals surface area contributed by atoms with Crippen LogP contribution in [0.25, 0.3) is 10.9 Å². The fourth-order valence-corrected chi connectivity index (χ4v) is 13.2. The number of rotatable bonds is 19. The first-order chi connectivity index (χ1) is 37.5. The lowest BCUT2D eigenvalue weighted by Gasteiger charge is -2.40. The molecule has 29 heteroatoms. The molecule has 2 saturated heterocycles. The molecule has 1 aliphatic carbocycles. The summed E-state index contributed by atoms with van der Waals surface area (Å²) in [4.78, 5) is 159. The maximum Gasteiger partial charge on any atom is 0.246 e. The average molecular weight is 1140 g/mol. The molecule has 2 aliphatic heterocycles. The number of nitrogens with zero attached hydrogens (tertiary/aromatic N) is 2. The number of aliphatic imine (C=N–C) groups is 1. The number of primary amides is 3. The molecule has 1 aromatic carbocycles. The van der Waals surface area contributed by atoms with Crippen molar-refractivity contribution in [3.8, 4) is 0 Å². The van der Waals surface area contributed by atoms with Gasteiger partial charge in [-0.15, -0.1) is 0 Å². The molecule has 9 atom stereocenters. The number of hydrogen-bond donors (Lipinski definition) is 14. The standard InChI is InChI=1S/C50H76N16O11S2/c1-3-26(2)39-46(75)61-31(15-16-36(51)67)42(71)62-33(23-37(52)68)43(72)64-34(48(77)66-20-10-14-35(66)45(74)60-30(13-9-19-57-49(55)56)41(70)58-24-38(53)69)25-78-79-50(17-7-4-8-18-50)40(54)47(76)63-32(44(73)65-39)22-28-21-27-11-5-6-12-29(27)59-28/h5-6,11-12,21,26,30-35,39-40,59H,3-4,7-10,13-20,22-25,54H2,1-2H3,(H2,51,67)(H2,52,68)(H2,53,69)(H,58,70)(H,60,74)(H,61,75)(H,62,71)(H,63,76)(H,64,72)(H,65,73)(H4,55,56,57)/t26-,30+,31-,32+,33-,34-,35+,39-,40+/m0/s1. The van der Waals surface area contributed by atoms with Crippen LogP contribution in [0.15, 0.2) is 35.3 Å². The van der Waals surface area contributed by atoms with Gasteiger partial charge in [-0.1, -0.05) is 79.3 Å². The smallest absolute Gasteiger partial charge is 0.246 e. The number of nitrogens with two attached hydrogens (primary N) is 6. The van der Waals surface area contributed by atoms with E-state index in [9.17, 15) is 52.7 Å². The number of benzene rings is 1. The van der Waals surface area contributed by atoms with Crippen LogP contribution >= 0.6 is 21.6 Å². The zero-order valence-electron chi connectivity index (χ0n) is 44.5. The number of carbonyl (C=O) groups excluding carboxylic acids is 11. The van der Waals surface area contributed by atoms with Gasteiger partial charge in [0.05, 0.1) is 23.8 Å². The summed E-state index contributed by atoms with van der Waals surface area (Å²) in [6, 6.07) is -1.88. The fraction of sp³-hybridized carbons (Fsp3) is 0.600. The van der Waals surface area contributed by atoms with Crippen LogP contribution in [0.1, 0.15) is 103 Å². The van der Waals surface area contributed by atoms with E-state index in [-0.39, 0.29) is 50.5 Å². The van der Waals surface area contributed by atoms with E-state index in [1.54, 1.807) is 13.8 Å². The van der Waals surface area contributed by atoms with Crippen LogP contribution in [0.4, 0.5) is 0 Å².